The number of ether oxygens (including phenoxy) is 1. The predicted molar refractivity (Wildman–Crippen MR) is 116 cm³/mol. The third-order valence-electron chi connectivity index (χ3n) is 5.47. The summed E-state index contributed by atoms with van der Waals surface area (Å²) >= 11 is 0. The van der Waals surface area contributed by atoms with Crippen molar-refractivity contribution in [3.8, 4) is 5.75 Å². The average Bonchev–Trinajstić information content (AvgIpc) is 3.12. The van der Waals surface area contributed by atoms with Gasteiger partial charge in [-0.3, -0.25) is 14.9 Å². The molecule has 160 valence electrons. The van der Waals surface area contributed by atoms with Gasteiger partial charge in [-0.1, -0.05) is 26.0 Å². The highest BCUT2D eigenvalue weighted by Crippen LogP contribution is 2.20. The van der Waals surface area contributed by atoms with Gasteiger partial charge in [0.05, 0.1) is 12.3 Å². The molecule has 1 atom stereocenters. The molecule has 1 aromatic heterocycles. The number of aromatic nitrogens is 2. The first kappa shape index (κ1) is 21.8. The van der Waals surface area contributed by atoms with Crippen molar-refractivity contribution in [1.29, 1.82) is 0 Å². The van der Waals surface area contributed by atoms with Crippen molar-refractivity contribution in [3.05, 3.63) is 47.3 Å². The van der Waals surface area contributed by atoms with E-state index in [1.54, 1.807) is 0 Å². The number of piperazine rings is 1. The van der Waals surface area contributed by atoms with E-state index in [9.17, 15) is 5.11 Å². The number of aliphatic hydroxyl groups excluding tert-OH is 1. The summed E-state index contributed by atoms with van der Waals surface area (Å²) in [6.45, 7) is 12.2. The smallest absolute Gasteiger partial charge is 0.119 e. The molecule has 1 aliphatic heterocycles. The minimum absolute atomic E-state index is 0.223. The Morgan fingerprint density at radius 3 is 2.69 bits per heavy atom. The van der Waals surface area contributed by atoms with Crippen molar-refractivity contribution in [1.82, 2.24) is 20.0 Å². The maximum absolute atomic E-state index is 9.58. The molecule has 0 spiro atoms. The molecule has 6 nitrogen and oxygen atoms in total. The number of nitrogens with zero attached hydrogens (tertiary/aromatic N) is 3. The number of H-pyrrole nitrogens is 1. The number of hydrogen-bond acceptors (Lipinski definition) is 5. The van der Waals surface area contributed by atoms with Crippen LogP contribution >= 0.6 is 0 Å². The third-order valence-corrected chi connectivity index (χ3v) is 5.47. The molecule has 1 aliphatic rings. The Balaban J connectivity index is 1.56. The van der Waals surface area contributed by atoms with Gasteiger partial charge in [0.15, 0.2) is 0 Å². The van der Waals surface area contributed by atoms with Crippen LogP contribution in [-0.2, 0) is 19.5 Å². The fraction of sp³-hybridized carbons (Fsp3) is 0.609. The first-order valence-electron chi connectivity index (χ1n) is 10.9. The van der Waals surface area contributed by atoms with E-state index < -0.39 is 0 Å². The third kappa shape index (κ3) is 6.56. The van der Waals surface area contributed by atoms with Crippen molar-refractivity contribution in [2.75, 3.05) is 32.8 Å². The van der Waals surface area contributed by atoms with Crippen LogP contribution in [0.4, 0.5) is 0 Å². The lowest BCUT2D eigenvalue weighted by atomic mass is 10.1. The van der Waals surface area contributed by atoms with Crippen molar-refractivity contribution in [2.45, 2.75) is 52.7 Å². The summed E-state index contributed by atoms with van der Waals surface area (Å²) in [5.41, 5.74) is 3.62. The van der Waals surface area contributed by atoms with Crippen LogP contribution in [-0.4, -0.2) is 64.0 Å². The maximum Gasteiger partial charge on any atom is 0.119 e. The van der Waals surface area contributed by atoms with Crippen LogP contribution in [0.1, 0.15) is 44.1 Å². The lowest BCUT2D eigenvalue weighted by Crippen LogP contribution is -2.52. The molecule has 0 aliphatic carbocycles. The molecule has 29 heavy (non-hydrogen) atoms. The molecule has 0 bridgehead atoms. The van der Waals surface area contributed by atoms with E-state index >= 15 is 0 Å². The molecule has 1 saturated heterocycles. The largest absolute Gasteiger partial charge is 0.494 e. The normalized spacial score (nSPS) is 18.4. The molecule has 2 heterocycles. The fourth-order valence-electron chi connectivity index (χ4n) is 4.08. The van der Waals surface area contributed by atoms with Gasteiger partial charge in [-0.05, 0) is 49.4 Å². The molecule has 1 aromatic carbocycles. The highest BCUT2D eigenvalue weighted by Gasteiger charge is 2.27. The van der Waals surface area contributed by atoms with Crippen LogP contribution in [0.2, 0.25) is 0 Å². The van der Waals surface area contributed by atoms with Gasteiger partial charge >= 0.3 is 0 Å². The number of aromatic amines is 1. The molecule has 2 N–H and O–H groups in total. The molecule has 0 radical (unpaired) electrons. The lowest BCUT2D eigenvalue weighted by molar-refractivity contribution is 0.0494. The number of benzene rings is 1. The zero-order valence-corrected chi connectivity index (χ0v) is 18.1. The summed E-state index contributed by atoms with van der Waals surface area (Å²) in [4.78, 5) is 4.97. The molecule has 1 fully saturated rings. The van der Waals surface area contributed by atoms with Gasteiger partial charge in [0.1, 0.15) is 5.75 Å². The zero-order chi connectivity index (χ0) is 20.6. The number of rotatable bonds is 10. The first-order chi connectivity index (χ1) is 14.1. The Kier molecular flexibility index (Phi) is 8.09. The van der Waals surface area contributed by atoms with E-state index in [0.29, 0.717) is 18.6 Å². The summed E-state index contributed by atoms with van der Waals surface area (Å²) in [7, 11) is 0. The van der Waals surface area contributed by atoms with E-state index in [4.69, 9.17) is 4.74 Å². The average molecular weight is 401 g/mol. The van der Waals surface area contributed by atoms with Crippen molar-refractivity contribution >= 4 is 0 Å². The zero-order valence-electron chi connectivity index (χ0n) is 18.1. The molecule has 0 amide bonds. The Bertz CT molecular complexity index is 729. The van der Waals surface area contributed by atoms with Gasteiger partial charge in [-0.2, -0.15) is 5.10 Å². The number of nitrogens with one attached hydrogen (secondary N) is 1. The van der Waals surface area contributed by atoms with E-state index in [1.807, 2.05) is 19.1 Å². The highest BCUT2D eigenvalue weighted by molar-refractivity contribution is 5.27. The second-order valence-corrected chi connectivity index (χ2v) is 8.43. The van der Waals surface area contributed by atoms with Crippen molar-refractivity contribution in [2.24, 2.45) is 5.92 Å². The molecule has 2 aromatic rings. The van der Waals surface area contributed by atoms with Crippen LogP contribution in [0, 0.1) is 5.92 Å². The van der Waals surface area contributed by atoms with Crippen molar-refractivity contribution in [3.63, 3.8) is 0 Å². The molecule has 1 unspecified atom stereocenters. The van der Waals surface area contributed by atoms with Crippen LogP contribution in [0.3, 0.4) is 0 Å². The Morgan fingerprint density at radius 1 is 1.21 bits per heavy atom. The van der Waals surface area contributed by atoms with Gasteiger partial charge in [0.2, 0.25) is 0 Å². The highest BCUT2D eigenvalue weighted by atomic mass is 16.5. The van der Waals surface area contributed by atoms with Gasteiger partial charge in [-0.25, -0.2) is 0 Å². The molecular formula is C23H36N4O2. The second-order valence-electron chi connectivity index (χ2n) is 8.43. The van der Waals surface area contributed by atoms with E-state index in [0.717, 1.165) is 57.0 Å². The molecular weight excluding hydrogens is 364 g/mol. The molecule has 0 saturated carbocycles. The van der Waals surface area contributed by atoms with Crippen LogP contribution in [0.15, 0.2) is 30.3 Å². The lowest BCUT2D eigenvalue weighted by Gasteiger charge is -2.41. The van der Waals surface area contributed by atoms with E-state index in [-0.39, 0.29) is 6.61 Å². The summed E-state index contributed by atoms with van der Waals surface area (Å²) in [5.74, 6) is 1.54. The predicted octanol–water partition coefficient (Wildman–Crippen LogP) is 3.08. The van der Waals surface area contributed by atoms with Gasteiger partial charge in [0, 0.05) is 51.1 Å². The molecule has 6 heteroatoms. The summed E-state index contributed by atoms with van der Waals surface area (Å²) in [6, 6.07) is 10.9. The maximum atomic E-state index is 9.58. The topological polar surface area (TPSA) is 64.6 Å². The van der Waals surface area contributed by atoms with Crippen LogP contribution < -0.4 is 4.74 Å². The van der Waals surface area contributed by atoms with Gasteiger partial charge < -0.3 is 9.84 Å². The Morgan fingerprint density at radius 2 is 2.00 bits per heavy atom. The first-order valence-corrected chi connectivity index (χ1v) is 10.9. The van der Waals surface area contributed by atoms with Crippen molar-refractivity contribution < 1.29 is 9.84 Å². The Labute approximate surface area is 174 Å². The summed E-state index contributed by atoms with van der Waals surface area (Å²) in [5, 5.41) is 17.2. The standard InChI is InChI=1S/C23H36N4O2/c1-4-29-23-7-5-19(6-8-23)15-27-11-10-26(17-22(27)9-12-28)16-21-14-20(24-25-21)13-18(2)3/h5-8,14,18,22,28H,4,9-13,15-17H2,1-3H3,(H,24,25). The number of aliphatic hydroxyl groups is 1. The van der Waals surface area contributed by atoms with Crippen LogP contribution in [0.5, 0.6) is 5.75 Å². The quantitative estimate of drug-likeness (QED) is 0.642. The summed E-state index contributed by atoms with van der Waals surface area (Å²) in [6.07, 6.45) is 1.81. The van der Waals surface area contributed by atoms with E-state index in [1.165, 1.54) is 11.3 Å². The summed E-state index contributed by atoms with van der Waals surface area (Å²) < 4.78 is 5.54. The monoisotopic (exact) mass is 400 g/mol. The minimum Gasteiger partial charge on any atom is -0.494 e. The van der Waals surface area contributed by atoms with E-state index in [2.05, 4.69) is 52.0 Å². The van der Waals surface area contributed by atoms with Gasteiger partial charge in [0.25, 0.3) is 0 Å². The number of hydrogen-bond donors (Lipinski definition) is 2. The molecule has 3 rings (SSSR count). The minimum atomic E-state index is 0.223. The SMILES string of the molecule is CCOc1ccc(CN2CCN(Cc3cc(CC(C)C)n[nH]3)CC2CCO)cc1. The second kappa shape index (κ2) is 10.8. The van der Waals surface area contributed by atoms with Crippen LogP contribution in [0.25, 0.3) is 0 Å². The van der Waals surface area contributed by atoms with Gasteiger partial charge in [-0.15, -0.1) is 0 Å². The Hall–Kier alpha value is -1.89. The fourth-order valence-corrected chi connectivity index (χ4v) is 4.08.